The van der Waals surface area contributed by atoms with Crippen LogP contribution in [0.5, 0.6) is 0 Å². The first-order valence-corrected chi connectivity index (χ1v) is 7.08. The van der Waals surface area contributed by atoms with E-state index in [0.717, 1.165) is 17.0 Å². The van der Waals surface area contributed by atoms with Crippen LogP contribution in [0, 0.1) is 13.8 Å². The second-order valence-corrected chi connectivity index (χ2v) is 5.23. The van der Waals surface area contributed by atoms with Gasteiger partial charge in [-0.25, -0.2) is 0 Å². The number of amides is 2. The molecule has 3 N–H and O–H groups in total. The number of aryl methyl sites for hydroxylation is 2. The smallest absolute Gasteiger partial charge is 0.250 e. The Labute approximate surface area is 129 Å². The third-order valence-electron chi connectivity index (χ3n) is 3.73. The van der Waals surface area contributed by atoms with Crippen LogP contribution in [-0.4, -0.2) is 21.6 Å². The number of nitrogens with two attached hydrogens (primary N) is 1. The molecule has 6 heteroatoms. The van der Waals surface area contributed by atoms with Crippen molar-refractivity contribution >= 4 is 17.5 Å². The van der Waals surface area contributed by atoms with Gasteiger partial charge in [-0.2, -0.15) is 5.10 Å². The summed E-state index contributed by atoms with van der Waals surface area (Å²) in [5, 5.41) is 7.07. The predicted octanol–water partition coefficient (Wildman–Crippen LogP) is 1.71. The van der Waals surface area contributed by atoms with E-state index < -0.39 is 5.91 Å². The summed E-state index contributed by atoms with van der Waals surface area (Å²) in [5.74, 6) is -0.716. The van der Waals surface area contributed by atoms with Crippen molar-refractivity contribution in [2.24, 2.45) is 12.8 Å². The Morgan fingerprint density at radius 2 is 1.95 bits per heavy atom. The van der Waals surface area contributed by atoms with Gasteiger partial charge in [0, 0.05) is 19.2 Å². The summed E-state index contributed by atoms with van der Waals surface area (Å²) in [4.78, 5) is 23.4. The molecule has 0 aliphatic carbocycles. The summed E-state index contributed by atoms with van der Waals surface area (Å²) < 4.78 is 1.81. The first-order chi connectivity index (χ1) is 10.4. The van der Waals surface area contributed by atoms with Gasteiger partial charge in [0.25, 0.3) is 5.91 Å². The number of hydrogen-bond acceptors (Lipinski definition) is 3. The van der Waals surface area contributed by atoms with Gasteiger partial charge in [0.05, 0.1) is 16.9 Å². The van der Waals surface area contributed by atoms with E-state index in [-0.39, 0.29) is 5.91 Å². The molecule has 0 radical (unpaired) electrons. The molecule has 0 fully saturated rings. The minimum atomic E-state index is -0.560. The summed E-state index contributed by atoms with van der Waals surface area (Å²) in [5.41, 5.74) is 9.13. The van der Waals surface area contributed by atoms with Crippen molar-refractivity contribution in [1.82, 2.24) is 9.78 Å². The number of nitrogens with one attached hydrogen (secondary N) is 1. The van der Waals surface area contributed by atoms with Crippen molar-refractivity contribution in [2.45, 2.75) is 26.7 Å². The molecule has 2 aromatic rings. The van der Waals surface area contributed by atoms with Gasteiger partial charge in [-0.05, 0) is 38.0 Å². The number of benzene rings is 1. The lowest BCUT2D eigenvalue weighted by Crippen LogP contribution is -2.18. The van der Waals surface area contributed by atoms with E-state index in [1.165, 1.54) is 0 Å². The van der Waals surface area contributed by atoms with E-state index in [2.05, 4.69) is 10.4 Å². The zero-order valence-electron chi connectivity index (χ0n) is 13.0. The monoisotopic (exact) mass is 300 g/mol. The molecule has 0 saturated carbocycles. The molecule has 22 heavy (non-hydrogen) atoms. The normalized spacial score (nSPS) is 10.5. The Balaban J connectivity index is 2.04. The van der Waals surface area contributed by atoms with Gasteiger partial charge in [0.15, 0.2) is 0 Å². The highest BCUT2D eigenvalue weighted by molar-refractivity contribution is 6.02. The molecule has 1 aromatic carbocycles. The molecule has 6 nitrogen and oxygen atoms in total. The van der Waals surface area contributed by atoms with Crippen LogP contribution >= 0.6 is 0 Å². The highest BCUT2D eigenvalue weighted by atomic mass is 16.2. The molecule has 0 bridgehead atoms. The Morgan fingerprint density at radius 1 is 1.27 bits per heavy atom. The lowest BCUT2D eigenvalue weighted by atomic mass is 10.1. The van der Waals surface area contributed by atoms with E-state index in [1.807, 2.05) is 25.6 Å². The number of carbonyl (C=O) groups excluding carboxylic acids is 2. The number of carbonyl (C=O) groups is 2. The maximum absolute atomic E-state index is 12.1. The third kappa shape index (κ3) is 3.33. The molecule has 0 aliphatic rings. The number of nitrogens with zero attached hydrogens (tertiary/aromatic N) is 2. The minimum absolute atomic E-state index is 0.156. The molecule has 0 aliphatic heterocycles. The van der Waals surface area contributed by atoms with Gasteiger partial charge in [-0.1, -0.05) is 12.1 Å². The highest BCUT2D eigenvalue weighted by Gasteiger charge is 2.13. The fraction of sp³-hybridized carbons (Fsp3) is 0.312. The van der Waals surface area contributed by atoms with Crippen LogP contribution in [0.2, 0.25) is 0 Å². The highest BCUT2D eigenvalue weighted by Crippen LogP contribution is 2.17. The largest absolute Gasteiger partial charge is 0.366 e. The molecular formula is C16H20N4O2. The summed E-state index contributed by atoms with van der Waals surface area (Å²) in [6.45, 7) is 3.91. The Hall–Kier alpha value is -2.63. The molecule has 1 heterocycles. The maximum atomic E-state index is 12.1. The van der Waals surface area contributed by atoms with Crippen molar-refractivity contribution in [2.75, 3.05) is 5.32 Å². The number of aromatic nitrogens is 2. The van der Waals surface area contributed by atoms with Crippen molar-refractivity contribution < 1.29 is 9.59 Å². The van der Waals surface area contributed by atoms with Crippen LogP contribution < -0.4 is 11.1 Å². The minimum Gasteiger partial charge on any atom is -0.366 e. The summed E-state index contributed by atoms with van der Waals surface area (Å²) in [7, 11) is 1.88. The molecule has 2 amide bonds. The van der Waals surface area contributed by atoms with Crippen LogP contribution in [-0.2, 0) is 18.3 Å². The summed E-state index contributed by atoms with van der Waals surface area (Å²) in [6.07, 6.45) is 0.927. The fourth-order valence-corrected chi connectivity index (χ4v) is 2.44. The third-order valence-corrected chi connectivity index (χ3v) is 3.73. The van der Waals surface area contributed by atoms with Gasteiger partial charge < -0.3 is 11.1 Å². The lowest BCUT2D eigenvalue weighted by molar-refractivity contribution is -0.116. The van der Waals surface area contributed by atoms with Gasteiger partial charge in [0.1, 0.15) is 0 Å². The Kier molecular flexibility index (Phi) is 4.60. The molecule has 0 unspecified atom stereocenters. The second kappa shape index (κ2) is 6.43. The van der Waals surface area contributed by atoms with Crippen molar-refractivity contribution in [3.05, 3.63) is 46.8 Å². The number of hydrogen-bond donors (Lipinski definition) is 2. The molecule has 0 spiro atoms. The number of rotatable bonds is 5. The molecule has 0 saturated heterocycles. The fourth-order valence-electron chi connectivity index (χ4n) is 2.44. The van der Waals surface area contributed by atoms with E-state index in [1.54, 1.807) is 24.3 Å². The van der Waals surface area contributed by atoms with E-state index in [0.29, 0.717) is 24.1 Å². The van der Waals surface area contributed by atoms with Crippen LogP contribution in [0.1, 0.15) is 33.7 Å². The van der Waals surface area contributed by atoms with Crippen LogP contribution in [0.4, 0.5) is 5.69 Å². The Morgan fingerprint density at radius 3 is 2.55 bits per heavy atom. The molecular weight excluding hydrogens is 280 g/mol. The van der Waals surface area contributed by atoms with Crippen molar-refractivity contribution in [3.8, 4) is 0 Å². The second-order valence-electron chi connectivity index (χ2n) is 5.23. The van der Waals surface area contributed by atoms with E-state index in [4.69, 9.17) is 5.73 Å². The zero-order valence-corrected chi connectivity index (χ0v) is 13.0. The molecule has 1 aromatic heterocycles. The zero-order chi connectivity index (χ0) is 16.3. The lowest BCUT2D eigenvalue weighted by Gasteiger charge is -2.09. The average molecular weight is 300 g/mol. The number of para-hydroxylation sites is 1. The number of anilines is 1. The van der Waals surface area contributed by atoms with Crippen molar-refractivity contribution in [1.29, 1.82) is 0 Å². The van der Waals surface area contributed by atoms with E-state index in [9.17, 15) is 9.59 Å². The number of primary amides is 1. The average Bonchev–Trinajstić information content (AvgIpc) is 2.70. The van der Waals surface area contributed by atoms with Gasteiger partial charge >= 0.3 is 0 Å². The maximum Gasteiger partial charge on any atom is 0.250 e. The van der Waals surface area contributed by atoms with Crippen molar-refractivity contribution in [3.63, 3.8) is 0 Å². The predicted molar refractivity (Wildman–Crippen MR) is 84.6 cm³/mol. The van der Waals surface area contributed by atoms with Gasteiger partial charge in [-0.3, -0.25) is 14.3 Å². The SMILES string of the molecule is Cc1nn(C)c(C)c1CCC(=O)Nc1ccccc1C(N)=O. The first kappa shape index (κ1) is 15.8. The standard InChI is InChI=1S/C16H20N4O2/c1-10-12(11(2)20(3)19-10)8-9-15(21)18-14-7-5-4-6-13(14)16(17)22/h4-7H,8-9H2,1-3H3,(H2,17,22)(H,18,21). The molecule has 0 atom stereocenters. The summed E-state index contributed by atoms with van der Waals surface area (Å²) in [6, 6.07) is 6.71. The van der Waals surface area contributed by atoms with E-state index >= 15 is 0 Å². The van der Waals surface area contributed by atoms with Gasteiger partial charge in [-0.15, -0.1) is 0 Å². The van der Waals surface area contributed by atoms with Gasteiger partial charge in [0.2, 0.25) is 5.91 Å². The molecule has 116 valence electrons. The Bertz CT molecular complexity index is 719. The van der Waals surface area contributed by atoms with Crippen LogP contribution in [0.3, 0.4) is 0 Å². The topological polar surface area (TPSA) is 90.0 Å². The molecule has 2 rings (SSSR count). The quantitative estimate of drug-likeness (QED) is 0.880. The van der Waals surface area contributed by atoms with Crippen LogP contribution in [0.25, 0.3) is 0 Å². The summed E-state index contributed by atoms with van der Waals surface area (Å²) >= 11 is 0. The first-order valence-electron chi connectivity index (χ1n) is 7.08. The van der Waals surface area contributed by atoms with Crippen LogP contribution in [0.15, 0.2) is 24.3 Å².